The van der Waals surface area contributed by atoms with E-state index >= 15 is 0 Å². The van der Waals surface area contributed by atoms with Crippen LogP contribution in [0.25, 0.3) is 0 Å². The average Bonchev–Trinajstić information content (AvgIpc) is 2.56. The molecule has 1 N–H and O–H groups in total. The highest BCUT2D eigenvalue weighted by atomic mass is 16.7. The molecule has 0 unspecified atom stereocenters. The molecule has 0 aromatic rings. The van der Waals surface area contributed by atoms with E-state index in [1.807, 2.05) is 48.5 Å². The van der Waals surface area contributed by atoms with Gasteiger partial charge in [0.15, 0.2) is 0 Å². The highest BCUT2D eigenvalue weighted by molar-refractivity contribution is 6.54. The summed E-state index contributed by atoms with van der Waals surface area (Å²) in [4.78, 5) is 11.9. The molecule has 1 heterocycles. The van der Waals surface area contributed by atoms with Gasteiger partial charge in [0.05, 0.1) is 17.2 Å². The van der Waals surface area contributed by atoms with Gasteiger partial charge in [-0.05, 0) is 73.2 Å². The minimum absolute atomic E-state index is 0.0346. The molecule has 0 radical (unpaired) electrons. The summed E-state index contributed by atoms with van der Waals surface area (Å²) in [6.45, 7) is 13.8. The van der Waals surface area contributed by atoms with Crippen molar-refractivity contribution in [2.24, 2.45) is 0 Å². The Hall–Kier alpha value is -1.01. The molecule has 1 fully saturated rings. The third kappa shape index (κ3) is 4.51. The van der Waals surface area contributed by atoms with Crippen LogP contribution in [-0.4, -0.2) is 36.1 Å². The number of alkyl carbamates (subject to hydrolysis) is 1. The molecular weight excluding hydrogens is 293 g/mol. The molecule has 1 atom stereocenters. The third-order valence-electron chi connectivity index (χ3n) is 4.65. The van der Waals surface area contributed by atoms with Crippen LogP contribution in [0.2, 0.25) is 0 Å². The Labute approximate surface area is 140 Å². The largest absolute Gasteiger partial charge is 0.490 e. The molecule has 1 aliphatic heterocycles. The van der Waals surface area contributed by atoms with Crippen molar-refractivity contribution in [1.82, 2.24) is 5.32 Å². The van der Waals surface area contributed by atoms with Gasteiger partial charge in [0, 0.05) is 0 Å². The predicted molar refractivity (Wildman–Crippen MR) is 91.2 cm³/mol. The molecule has 0 aromatic heterocycles. The molecule has 1 saturated heterocycles. The number of amides is 1. The number of allylic oxidation sites excluding steroid dienone is 1. The summed E-state index contributed by atoms with van der Waals surface area (Å²) in [7, 11) is -0.330. The van der Waals surface area contributed by atoms with Crippen molar-refractivity contribution < 1.29 is 18.8 Å². The molecule has 0 bridgehead atoms. The molecule has 0 aromatic carbocycles. The normalized spacial score (nSPS) is 26.7. The molecule has 2 rings (SSSR count). The lowest BCUT2D eigenvalue weighted by atomic mass is 9.72. The van der Waals surface area contributed by atoms with Crippen LogP contribution in [0.15, 0.2) is 11.5 Å². The monoisotopic (exact) mass is 323 g/mol. The van der Waals surface area contributed by atoms with E-state index in [4.69, 9.17) is 14.0 Å². The second kappa shape index (κ2) is 6.13. The van der Waals surface area contributed by atoms with E-state index in [-0.39, 0.29) is 30.5 Å². The first-order chi connectivity index (χ1) is 10.4. The van der Waals surface area contributed by atoms with E-state index in [1.54, 1.807) is 0 Å². The van der Waals surface area contributed by atoms with Crippen LogP contribution in [0.3, 0.4) is 0 Å². The Bertz CT molecular complexity index is 477. The Morgan fingerprint density at radius 2 is 1.83 bits per heavy atom. The first-order valence-electron chi connectivity index (χ1n) is 8.45. The number of ether oxygens (including phenoxy) is 1. The summed E-state index contributed by atoms with van der Waals surface area (Å²) in [6.07, 6.45) is 4.52. The predicted octanol–water partition coefficient (Wildman–Crippen LogP) is 3.62. The summed E-state index contributed by atoms with van der Waals surface area (Å²) in [5.74, 6) is 0. The SMILES string of the molecule is CC(C)(C)OC(=O)N[C@H]1C=C(B2OC(C)(C)C(C)(C)O2)CCC1. The zero-order chi connectivity index (χ0) is 17.5. The molecule has 1 amide bonds. The van der Waals surface area contributed by atoms with Gasteiger partial charge in [0.2, 0.25) is 0 Å². The third-order valence-corrected chi connectivity index (χ3v) is 4.65. The summed E-state index contributed by atoms with van der Waals surface area (Å²) in [6, 6.07) is -0.0346. The second-order valence-electron chi connectivity index (χ2n) is 8.47. The van der Waals surface area contributed by atoms with E-state index in [0.29, 0.717) is 0 Å². The fourth-order valence-electron chi connectivity index (χ4n) is 2.71. The second-order valence-corrected chi connectivity index (χ2v) is 8.47. The average molecular weight is 323 g/mol. The number of carbonyl (C=O) groups excluding carboxylic acids is 1. The van der Waals surface area contributed by atoms with Crippen LogP contribution in [0.5, 0.6) is 0 Å². The molecule has 130 valence electrons. The molecule has 0 saturated carbocycles. The van der Waals surface area contributed by atoms with Crippen molar-refractivity contribution in [3.63, 3.8) is 0 Å². The number of rotatable bonds is 2. The maximum Gasteiger partial charge on any atom is 0.490 e. The van der Waals surface area contributed by atoms with Crippen LogP contribution in [-0.2, 0) is 14.0 Å². The van der Waals surface area contributed by atoms with Crippen LogP contribution < -0.4 is 5.32 Å². The van der Waals surface area contributed by atoms with E-state index < -0.39 is 5.60 Å². The number of hydrogen-bond acceptors (Lipinski definition) is 4. The van der Waals surface area contributed by atoms with Gasteiger partial charge in [0.1, 0.15) is 5.60 Å². The number of hydrogen-bond donors (Lipinski definition) is 1. The standard InChI is InChI=1S/C17H30BNO4/c1-15(2,3)21-14(20)19-13-10-8-9-12(11-13)18-22-16(4,5)17(6,7)23-18/h11,13H,8-10H2,1-7H3,(H,19,20)/t13-/m1/s1. The molecule has 6 heteroatoms. The molecule has 2 aliphatic rings. The summed E-state index contributed by atoms with van der Waals surface area (Å²) >= 11 is 0. The fraction of sp³-hybridized carbons (Fsp3) is 0.824. The molecule has 1 aliphatic carbocycles. The number of carbonyl (C=O) groups is 1. The lowest BCUT2D eigenvalue weighted by Crippen LogP contribution is -2.41. The first-order valence-corrected chi connectivity index (χ1v) is 8.45. The van der Waals surface area contributed by atoms with Gasteiger partial charge in [-0.3, -0.25) is 0 Å². The van der Waals surface area contributed by atoms with E-state index in [9.17, 15) is 4.79 Å². The smallest absolute Gasteiger partial charge is 0.444 e. The fourth-order valence-corrected chi connectivity index (χ4v) is 2.71. The van der Waals surface area contributed by atoms with Gasteiger partial charge in [-0.25, -0.2) is 4.79 Å². The summed E-state index contributed by atoms with van der Waals surface area (Å²) in [5.41, 5.74) is -0.0681. The molecule has 23 heavy (non-hydrogen) atoms. The summed E-state index contributed by atoms with van der Waals surface area (Å²) in [5, 5.41) is 2.92. The maximum atomic E-state index is 11.9. The quantitative estimate of drug-likeness (QED) is 0.789. The van der Waals surface area contributed by atoms with E-state index in [1.165, 1.54) is 0 Å². The van der Waals surface area contributed by atoms with Crippen LogP contribution in [0.4, 0.5) is 4.79 Å². The molecule has 0 spiro atoms. The van der Waals surface area contributed by atoms with Gasteiger partial charge in [0.25, 0.3) is 0 Å². The van der Waals surface area contributed by atoms with Gasteiger partial charge >= 0.3 is 13.2 Å². The summed E-state index contributed by atoms with van der Waals surface area (Å²) < 4.78 is 17.5. The van der Waals surface area contributed by atoms with Gasteiger partial charge in [-0.15, -0.1) is 0 Å². The molecule has 5 nitrogen and oxygen atoms in total. The van der Waals surface area contributed by atoms with Crippen molar-refractivity contribution >= 4 is 13.2 Å². The van der Waals surface area contributed by atoms with Crippen molar-refractivity contribution in [2.75, 3.05) is 0 Å². The van der Waals surface area contributed by atoms with Gasteiger partial charge in [-0.2, -0.15) is 0 Å². The Balaban J connectivity index is 2.01. The van der Waals surface area contributed by atoms with Gasteiger partial charge < -0.3 is 19.4 Å². The lowest BCUT2D eigenvalue weighted by molar-refractivity contribution is 0.00578. The van der Waals surface area contributed by atoms with E-state index in [0.717, 1.165) is 24.7 Å². The van der Waals surface area contributed by atoms with Crippen molar-refractivity contribution in [3.8, 4) is 0 Å². The topological polar surface area (TPSA) is 56.8 Å². The minimum Gasteiger partial charge on any atom is -0.444 e. The van der Waals surface area contributed by atoms with Crippen molar-refractivity contribution in [2.45, 2.75) is 90.6 Å². The van der Waals surface area contributed by atoms with Crippen LogP contribution >= 0.6 is 0 Å². The number of nitrogens with one attached hydrogen (secondary N) is 1. The molecular formula is C17H30BNO4. The van der Waals surface area contributed by atoms with Gasteiger partial charge in [-0.1, -0.05) is 6.08 Å². The Morgan fingerprint density at radius 3 is 2.35 bits per heavy atom. The van der Waals surface area contributed by atoms with Crippen molar-refractivity contribution in [3.05, 3.63) is 11.5 Å². The van der Waals surface area contributed by atoms with Crippen molar-refractivity contribution in [1.29, 1.82) is 0 Å². The zero-order valence-electron chi connectivity index (χ0n) is 15.5. The highest BCUT2D eigenvalue weighted by Crippen LogP contribution is 2.40. The highest BCUT2D eigenvalue weighted by Gasteiger charge is 2.52. The Morgan fingerprint density at radius 1 is 1.26 bits per heavy atom. The van der Waals surface area contributed by atoms with E-state index in [2.05, 4.69) is 11.4 Å². The zero-order valence-corrected chi connectivity index (χ0v) is 15.5. The minimum atomic E-state index is -0.489. The van der Waals surface area contributed by atoms with Crippen LogP contribution in [0, 0.1) is 0 Å². The first kappa shape index (κ1) is 18.3. The lowest BCUT2D eigenvalue weighted by Gasteiger charge is -2.32. The Kier molecular flexibility index (Phi) is 4.89. The van der Waals surface area contributed by atoms with Crippen LogP contribution in [0.1, 0.15) is 67.7 Å². The maximum absolute atomic E-state index is 11.9.